The molecule has 1 fully saturated rings. The SMILES string of the molecule is COC(=O)/C=C1/S/C(=N\N=Cc2cc(F)c(C(F)(F)F)c(F)c2)NC1=O. The third-order valence-electron chi connectivity index (χ3n) is 2.80. The van der Waals surface area contributed by atoms with Gasteiger partial charge in [-0.3, -0.25) is 10.1 Å². The van der Waals surface area contributed by atoms with Crippen molar-refractivity contribution in [3.63, 3.8) is 0 Å². The number of nitrogens with zero attached hydrogens (tertiary/aromatic N) is 2. The number of halogens is 5. The maximum absolute atomic E-state index is 13.4. The first kappa shape index (κ1) is 19.6. The van der Waals surface area contributed by atoms with Crippen LogP contribution in [-0.4, -0.2) is 30.4 Å². The first-order valence-electron chi connectivity index (χ1n) is 6.58. The number of benzene rings is 1. The van der Waals surface area contributed by atoms with Crippen LogP contribution in [0, 0.1) is 11.6 Å². The molecule has 2 rings (SSSR count). The summed E-state index contributed by atoms with van der Waals surface area (Å²) in [5.74, 6) is -4.99. The zero-order chi connectivity index (χ0) is 19.5. The van der Waals surface area contributed by atoms with Crippen molar-refractivity contribution in [3.05, 3.63) is 45.9 Å². The predicted octanol–water partition coefficient (Wildman–Crippen LogP) is 2.59. The average molecular weight is 393 g/mol. The summed E-state index contributed by atoms with van der Waals surface area (Å²) in [5, 5.41) is 9.19. The molecule has 12 heteroatoms. The Balaban J connectivity index is 2.17. The van der Waals surface area contributed by atoms with E-state index in [1.807, 2.05) is 0 Å². The standard InChI is InChI=1S/C14H8F5N3O3S/c1-25-10(23)4-9-12(24)21-13(26-9)22-20-5-6-2-7(15)11(8(16)3-6)14(17,18)19/h2-5H,1H3,(H,21,22,24)/b9-4+,20-5?. The Bertz CT molecular complexity index is 826. The minimum Gasteiger partial charge on any atom is -0.466 e. The number of methoxy groups -OCH3 is 1. The van der Waals surface area contributed by atoms with Crippen molar-refractivity contribution in [2.75, 3.05) is 7.11 Å². The predicted molar refractivity (Wildman–Crippen MR) is 82.2 cm³/mol. The summed E-state index contributed by atoms with van der Waals surface area (Å²) in [6.07, 6.45) is -3.45. The fraction of sp³-hybridized carbons (Fsp3) is 0.143. The minimum atomic E-state index is -5.17. The van der Waals surface area contributed by atoms with Crippen molar-refractivity contribution < 1.29 is 36.3 Å². The molecule has 0 bridgehead atoms. The van der Waals surface area contributed by atoms with Gasteiger partial charge in [0.05, 0.1) is 18.2 Å². The number of ether oxygens (including phenoxy) is 1. The Morgan fingerprint density at radius 2 is 1.88 bits per heavy atom. The van der Waals surface area contributed by atoms with Crippen LogP contribution in [0.5, 0.6) is 0 Å². The molecule has 0 unspecified atom stereocenters. The topological polar surface area (TPSA) is 80.1 Å². The molecular formula is C14H8F5N3O3S. The van der Waals surface area contributed by atoms with Gasteiger partial charge in [0.15, 0.2) is 5.17 Å². The maximum Gasteiger partial charge on any atom is 0.422 e. The Kier molecular flexibility index (Phi) is 5.75. The lowest BCUT2D eigenvalue weighted by molar-refractivity contribution is -0.142. The van der Waals surface area contributed by atoms with E-state index in [-0.39, 0.29) is 15.6 Å². The second-order valence-corrected chi connectivity index (χ2v) is 5.63. The molecule has 0 spiro atoms. The van der Waals surface area contributed by atoms with E-state index in [9.17, 15) is 31.5 Å². The van der Waals surface area contributed by atoms with Gasteiger partial charge in [-0.1, -0.05) is 0 Å². The molecule has 6 nitrogen and oxygen atoms in total. The van der Waals surface area contributed by atoms with Gasteiger partial charge in [-0.15, -0.1) is 5.10 Å². The third-order valence-corrected chi connectivity index (χ3v) is 3.70. The molecule has 0 aliphatic carbocycles. The zero-order valence-electron chi connectivity index (χ0n) is 12.7. The van der Waals surface area contributed by atoms with E-state index in [2.05, 4.69) is 20.3 Å². The minimum absolute atomic E-state index is 0.0163. The van der Waals surface area contributed by atoms with Gasteiger partial charge in [0, 0.05) is 11.6 Å². The number of amides is 1. The molecule has 26 heavy (non-hydrogen) atoms. The van der Waals surface area contributed by atoms with Gasteiger partial charge in [0.2, 0.25) is 0 Å². The van der Waals surface area contributed by atoms with Gasteiger partial charge < -0.3 is 4.74 Å². The molecule has 1 saturated heterocycles. The van der Waals surface area contributed by atoms with Gasteiger partial charge in [-0.2, -0.15) is 18.3 Å². The number of hydrogen-bond acceptors (Lipinski definition) is 6. The monoisotopic (exact) mass is 393 g/mol. The highest BCUT2D eigenvalue weighted by Crippen LogP contribution is 2.33. The number of hydrogen-bond donors (Lipinski definition) is 1. The van der Waals surface area contributed by atoms with Gasteiger partial charge in [0.25, 0.3) is 5.91 Å². The molecular weight excluding hydrogens is 385 g/mol. The Morgan fingerprint density at radius 3 is 2.42 bits per heavy atom. The molecule has 1 aliphatic heterocycles. The highest BCUT2D eigenvalue weighted by atomic mass is 32.2. The number of rotatable bonds is 3. The number of carbonyl (C=O) groups is 2. The molecule has 1 aliphatic rings. The number of alkyl halides is 3. The first-order valence-corrected chi connectivity index (χ1v) is 7.39. The van der Waals surface area contributed by atoms with Gasteiger partial charge >= 0.3 is 12.1 Å². The van der Waals surface area contributed by atoms with Crippen LogP contribution in [0.1, 0.15) is 11.1 Å². The number of amidine groups is 1. The lowest BCUT2D eigenvalue weighted by Crippen LogP contribution is -2.19. The third kappa shape index (κ3) is 4.65. The second kappa shape index (κ2) is 7.64. The van der Waals surface area contributed by atoms with Gasteiger partial charge in [0.1, 0.15) is 17.2 Å². The smallest absolute Gasteiger partial charge is 0.422 e. The Hall–Kier alpha value is -2.76. The molecule has 0 radical (unpaired) electrons. The largest absolute Gasteiger partial charge is 0.466 e. The summed E-state index contributed by atoms with van der Waals surface area (Å²) in [5.41, 5.74) is -2.31. The lowest BCUT2D eigenvalue weighted by Gasteiger charge is -2.09. The fourth-order valence-electron chi connectivity index (χ4n) is 1.73. The molecule has 138 valence electrons. The van der Waals surface area contributed by atoms with Crippen LogP contribution < -0.4 is 5.32 Å². The first-order chi connectivity index (χ1) is 12.1. The highest BCUT2D eigenvalue weighted by molar-refractivity contribution is 8.18. The number of esters is 1. The Labute approximate surface area is 146 Å². The summed E-state index contributed by atoms with van der Waals surface area (Å²) in [6.45, 7) is 0. The lowest BCUT2D eigenvalue weighted by atomic mass is 10.1. The number of thioether (sulfide) groups is 1. The fourth-order valence-corrected chi connectivity index (χ4v) is 2.47. The van der Waals surface area contributed by atoms with Crippen molar-refractivity contribution >= 4 is 35.0 Å². The van der Waals surface area contributed by atoms with E-state index in [4.69, 9.17) is 0 Å². The highest BCUT2D eigenvalue weighted by Gasteiger charge is 2.37. The molecule has 1 aromatic rings. The van der Waals surface area contributed by atoms with Gasteiger partial charge in [-0.05, 0) is 23.9 Å². The van der Waals surface area contributed by atoms with E-state index in [0.717, 1.165) is 31.2 Å². The summed E-state index contributed by atoms with van der Waals surface area (Å²) in [7, 11) is 1.12. The molecule has 0 atom stereocenters. The summed E-state index contributed by atoms with van der Waals surface area (Å²) in [4.78, 5) is 22.6. The normalized spacial score (nSPS) is 18.0. The van der Waals surface area contributed by atoms with Crippen molar-refractivity contribution in [2.24, 2.45) is 10.2 Å². The van der Waals surface area contributed by atoms with E-state index >= 15 is 0 Å². The van der Waals surface area contributed by atoms with Crippen molar-refractivity contribution in [2.45, 2.75) is 6.18 Å². The Morgan fingerprint density at radius 1 is 1.27 bits per heavy atom. The second-order valence-electron chi connectivity index (χ2n) is 4.59. The molecule has 1 aromatic carbocycles. The van der Waals surface area contributed by atoms with Crippen molar-refractivity contribution in [1.82, 2.24) is 5.32 Å². The van der Waals surface area contributed by atoms with Gasteiger partial charge in [-0.25, -0.2) is 13.6 Å². The van der Waals surface area contributed by atoms with E-state index in [1.54, 1.807) is 0 Å². The van der Waals surface area contributed by atoms with E-state index in [1.165, 1.54) is 0 Å². The number of nitrogens with one attached hydrogen (secondary N) is 1. The van der Waals surface area contributed by atoms with Crippen molar-refractivity contribution in [1.29, 1.82) is 0 Å². The van der Waals surface area contributed by atoms with E-state index < -0.39 is 35.3 Å². The average Bonchev–Trinajstić information content (AvgIpc) is 2.85. The van der Waals surface area contributed by atoms with Crippen LogP contribution >= 0.6 is 11.8 Å². The van der Waals surface area contributed by atoms with Crippen molar-refractivity contribution in [3.8, 4) is 0 Å². The summed E-state index contributed by atoms with van der Waals surface area (Å²) < 4.78 is 68.6. The molecule has 1 N–H and O–H groups in total. The zero-order valence-corrected chi connectivity index (χ0v) is 13.5. The molecule has 1 amide bonds. The molecule has 0 aromatic heterocycles. The number of carbonyl (C=O) groups excluding carboxylic acids is 2. The summed E-state index contributed by atoms with van der Waals surface area (Å²) >= 11 is 0.749. The van der Waals surface area contributed by atoms with Crippen LogP contribution in [0.3, 0.4) is 0 Å². The van der Waals surface area contributed by atoms with Crippen LogP contribution in [-0.2, 0) is 20.5 Å². The van der Waals surface area contributed by atoms with Crippen LogP contribution in [0.15, 0.2) is 33.3 Å². The van der Waals surface area contributed by atoms with Crippen LogP contribution in [0.4, 0.5) is 22.0 Å². The summed E-state index contributed by atoms with van der Waals surface area (Å²) in [6, 6.07) is 0.886. The van der Waals surface area contributed by atoms with Crippen LogP contribution in [0.25, 0.3) is 0 Å². The molecule has 0 saturated carbocycles. The maximum atomic E-state index is 13.4. The molecule has 1 heterocycles. The van der Waals surface area contributed by atoms with Crippen LogP contribution in [0.2, 0.25) is 0 Å². The quantitative estimate of drug-likeness (QED) is 0.282. The van der Waals surface area contributed by atoms with E-state index in [0.29, 0.717) is 12.1 Å².